The van der Waals surface area contributed by atoms with Gasteiger partial charge in [0.2, 0.25) is 0 Å². The van der Waals surface area contributed by atoms with Gasteiger partial charge in [-0.25, -0.2) is 9.79 Å². The van der Waals surface area contributed by atoms with Gasteiger partial charge in [-0.2, -0.15) is 0 Å². The summed E-state index contributed by atoms with van der Waals surface area (Å²) in [5.41, 5.74) is 1.49. The number of aliphatic hydroxyl groups is 1. The zero-order valence-electron chi connectivity index (χ0n) is 15.3. The quantitative estimate of drug-likeness (QED) is 0.649. The lowest BCUT2D eigenvalue weighted by Crippen LogP contribution is -2.12. The van der Waals surface area contributed by atoms with Crippen LogP contribution in [0.15, 0.2) is 69.8 Å². The van der Waals surface area contributed by atoms with Crippen molar-refractivity contribution in [3.8, 4) is 5.75 Å². The fraction of sp³-hybridized carbons (Fsp3) is 0.143. The van der Waals surface area contributed by atoms with E-state index in [9.17, 15) is 9.90 Å². The summed E-state index contributed by atoms with van der Waals surface area (Å²) in [7, 11) is 1.54. The van der Waals surface area contributed by atoms with E-state index in [1.54, 1.807) is 32.2 Å². The van der Waals surface area contributed by atoms with Crippen molar-refractivity contribution in [2.75, 3.05) is 13.7 Å². The Labute approximate surface area is 172 Å². The number of aliphatic imine (C=N–C) groups is 1. The van der Waals surface area contributed by atoms with Crippen molar-refractivity contribution in [3.05, 3.63) is 75.4 Å². The fourth-order valence-corrected chi connectivity index (χ4v) is 3.84. The number of methoxy groups -OCH3 is 1. The maximum atomic E-state index is 12.4. The van der Waals surface area contributed by atoms with E-state index in [4.69, 9.17) is 21.1 Å². The highest BCUT2D eigenvalue weighted by atomic mass is 35.5. The molecule has 1 N–H and O–H groups in total. The molecular formula is C21H18ClNO4S. The van der Waals surface area contributed by atoms with Crippen molar-refractivity contribution < 1.29 is 19.4 Å². The predicted octanol–water partition coefficient (Wildman–Crippen LogP) is 5.54. The van der Waals surface area contributed by atoms with Crippen molar-refractivity contribution in [3.63, 3.8) is 0 Å². The van der Waals surface area contributed by atoms with E-state index in [-0.39, 0.29) is 17.9 Å². The van der Waals surface area contributed by atoms with Gasteiger partial charge >= 0.3 is 5.97 Å². The van der Waals surface area contributed by atoms with Crippen LogP contribution in [0, 0.1) is 0 Å². The molecule has 1 aliphatic rings. The molecule has 0 atom stereocenters. The number of thioether (sulfide) groups is 1. The van der Waals surface area contributed by atoms with Crippen LogP contribution < -0.4 is 4.74 Å². The van der Waals surface area contributed by atoms with Gasteiger partial charge in [0.15, 0.2) is 0 Å². The highest BCUT2D eigenvalue weighted by molar-refractivity contribution is 8.18. The van der Waals surface area contributed by atoms with Crippen LogP contribution >= 0.6 is 23.4 Å². The number of rotatable bonds is 5. The fourth-order valence-electron chi connectivity index (χ4n) is 2.54. The number of carbonyl (C=O) groups is 1. The molecule has 1 aliphatic heterocycles. The third-order valence-electron chi connectivity index (χ3n) is 3.83. The molecule has 3 rings (SSSR count). The number of hydrogen-bond donors (Lipinski definition) is 1. The number of para-hydroxylation sites is 1. The number of nitrogens with zero attached hydrogens (tertiary/aromatic N) is 1. The lowest BCUT2D eigenvalue weighted by molar-refractivity contribution is -0.138. The molecule has 0 spiro atoms. The molecule has 1 heterocycles. The number of benzene rings is 2. The Morgan fingerprint density at radius 2 is 2.00 bits per heavy atom. The molecule has 0 unspecified atom stereocenters. The summed E-state index contributed by atoms with van der Waals surface area (Å²) in [5, 5.41) is 11.5. The van der Waals surface area contributed by atoms with Crippen LogP contribution in [0.4, 0.5) is 5.69 Å². The second-order valence-corrected chi connectivity index (χ2v) is 7.14. The monoisotopic (exact) mass is 415 g/mol. The van der Waals surface area contributed by atoms with Gasteiger partial charge in [0, 0.05) is 0 Å². The molecule has 0 saturated heterocycles. The molecule has 7 heteroatoms. The molecular weight excluding hydrogens is 398 g/mol. The van der Waals surface area contributed by atoms with Crippen LogP contribution in [0.2, 0.25) is 5.02 Å². The van der Waals surface area contributed by atoms with Gasteiger partial charge in [-0.15, -0.1) is 0 Å². The van der Waals surface area contributed by atoms with Gasteiger partial charge < -0.3 is 14.6 Å². The number of hydrogen-bond acceptors (Lipinski definition) is 6. The normalized spacial score (nSPS) is 16.7. The van der Waals surface area contributed by atoms with Crippen molar-refractivity contribution in [1.82, 2.24) is 0 Å². The lowest BCUT2D eigenvalue weighted by atomic mass is 10.1. The second kappa shape index (κ2) is 8.99. The highest BCUT2D eigenvalue weighted by Crippen LogP contribution is 2.40. The van der Waals surface area contributed by atoms with Crippen LogP contribution in [-0.4, -0.2) is 29.8 Å². The van der Waals surface area contributed by atoms with E-state index in [0.717, 1.165) is 5.56 Å². The summed E-state index contributed by atoms with van der Waals surface area (Å²) in [4.78, 5) is 17.4. The first-order valence-electron chi connectivity index (χ1n) is 8.51. The SMILES string of the molecule is CCOC(=O)C1=C(O)/C(=C/c2ccc(OC)c(Cl)c2)SC1=Nc1ccccc1. The number of halogens is 1. The summed E-state index contributed by atoms with van der Waals surface area (Å²) in [6, 6.07) is 14.5. The molecule has 2 aromatic carbocycles. The molecule has 0 radical (unpaired) electrons. The average molecular weight is 416 g/mol. The molecule has 144 valence electrons. The molecule has 0 aromatic heterocycles. The number of carbonyl (C=O) groups excluding carboxylic acids is 1. The third-order valence-corrected chi connectivity index (χ3v) is 5.15. The van der Waals surface area contributed by atoms with E-state index in [2.05, 4.69) is 4.99 Å². The van der Waals surface area contributed by atoms with Crippen molar-refractivity contribution in [2.24, 2.45) is 4.99 Å². The first-order chi connectivity index (χ1) is 13.5. The van der Waals surface area contributed by atoms with Crippen LogP contribution in [0.25, 0.3) is 6.08 Å². The molecule has 0 fully saturated rings. The Bertz CT molecular complexity index is 983. The van der Waals surface area contributed by atoms with Gasteiger partial charge in [0.05, 0.1) is 29.3 Å². The molecule has 0 saturated carbocycles. The van der Waals surface area contributed by atoms with Crippen LogP contribution in [0.5, 0.6) is 5.75 Å². The van der Waals surface area contributed by atoms with Crippen LogP contribution in [0.3, 0.4) is 0 Å². The first-order valence-corrected chi connectivity index (χ1v) is 9.70. The largest absolute Gasteiger partial charge is 0.506 e. The minimum atomic E-state index is -0.613. The molecule has 0 aliphatic carbocycles. The number of esters is 1. The Balaban J connectivity index is 2.02. The van der Waals surface area contributed by atoms with Crippen LogP contribution in [-0.2, 0) is 9.53 Å². The highest BCUT2D eigenvalue weighted by Gasteiger charge is 2.33. The molecule has 2 aromatic rings. The lowest BCUT2D eigenvalue weighted by Gasteiger charge is -2.04. The summed E-state index contributed by atoms with van der Waals surface area (Å²) in [6.07, 6.45) is 1.73. The first kappa shape index (κ1) is 20.0. The van der Waals surface area contributed by atoms with Gasteiger partial charge in [-0.1, -0.05) is 47.6 Å². The molecule has 0 bridgehead atoms. The minimum Gasteiger partial charge on any atom is -0.506 e. The standard InChI is InChI=1S/C21H18ClNO4S/c1-3-27-21(25)18-19(24)17(12-13-9-10-16(26-2)15(22)11-13)28-20(18)23-14-7-5-4-6-8-14/h4-12,24H,3H2,1-2H3/b17-12-,23-20?. The van der Waals surface area contributed by atoms with E-state index in [0.29, 0.717) is 26.4 Å². The minimum absolute atomic E-state index is 0.0570. The predicted molar refractivity (Wildman–Crippen MR) is 113 cm³/mol. The van der Waals surface area contributed by atoms with Crippen molar-refractivity contribution in [2.45, 2.75) is 6.92 Å². The van der Waals surface area contributed by atoms with E-state index >= 15 is 0 Å². The van der Waals surface area contributed by atoms with Gasteiger partial charge in [0.25, 0.3) is 0 Å². The zero-order valence-corrected chi connectivity index (χ0v) is 16.9. The Hall–Kier alpha value is -2.70. The smallest absolute Gasteiger partial charge is 0.344 e. The Morgan fingerprint density at radius 3 is 2.64 bits per heavy atom. The molecule has 5 nitrogen and oxygen atoms in total. The summed E-state index contributed by atoms with van der Waals surface area (Å²) >= 11 is 7.37. The van der Waals surface area contributed by atoms with Gasteiger partial charge in [-0.3, -0.25) is 0 Å². The summed E-state index contributed by atoms with van der Waals surface area (Å²) in [6.45, 7) is 1.91. The summed E-state index contributed by atoms with van der Waals surface area (Å²) in [5.74, 6) is -0.218. The van der Waals surface area contributed by atoms with E-state index < -0.39 is 5.97 Å². The molecule has 0 amide bonds. The maximum absolute atomic E-state index is 12.4. The third kappa shape index (κ3) is 4.40. The van der Waals surface area contributed by atoms with E-state index in [1.807, 2.05) is 36.4 Å². The van der Waals surface area contributed by atoms with E-state index in [1.165, 1.54) is 11.8 Å². The maximum Gasteiger partial charge on any atom is 0.344 e. The van der Waals surface area contributed by atoms with Gasteiger partial charge in [0.1, 0.15) is 22.1 Å². The van der Waals surface area contributed by atoms with Crippen molar-refractivity contribution in [1.29, 1.82) is 0 Å². The number of ether oxygens (including phenoxy) is 2. The average Bonchev–Trinajstić information content (AvgIpc) is 2.98. The molecule has 28 heavy (non-hydrogen) atoms. The van der Waals surface area contributed by atoms with Gasteiger partial charge in [-0.05, 0) is 42.8 Å². The second-order valence-electron chi connectivity index (χ2n) is 5.70. The summed E-state index contributed by atoms with van der Waals surface area (Å²) < 4.78 is 10.2. The Morgan fingerprint density at radius 1 is 1.25 bits per heavy atom. The Kier molecular flexibility index (Phi) is 6.44. The number of aliphatic hydroxyl groups excluding tert-OH is 1. The van der Waals surface area contributed by atoms with Crippen LogP contribution in [0.1, 0.15) is 12.5 Å². The zero-order chi connectivity index (χ0) is 20.1. The van der Waals surface area contributed by atoms with Crippen molar-refractivity contribution >= 4 is 46.1 Å². The topological polar surface area (TPSA) is 68.1 Å².